The molecule has 9 heteroatoms. The molecule has 0 fully saturated rings. The number of aromatic nitrogens is 2. The lowest BCUT2D eigenvalue weighted by atomic mass is 9.92. The molecule has 190 valence electrons. The first-order valence-corrected chi connectivity index (χ1v) is 12.0. The molecule has 0 bridgehead atoms. The number of hydrogen-bond acceptors (Lipinski definition) is 6. The lowest BCUT2D eigenvalue weighted by Crippen LogP contribution is -2.41. The number of alkyl halides is 2. The minimum absolute atomic E-state index is 0.0153. The van der Waals surface area contributed by atoms with Gasteiger partial charge in [0.25, 0.3) is 18.2 Å². The van der Waals surface area contributed by atoms with Gasteiger partial charge < -0.3 is 14.9 Å². The van der Waals surface area contributed by atoms with E-state index in [1.807, 2.05) is 26.0 Å². The van der Waals surface area contributed by atoms with Crippen molar-refractivity contribution >= 4 is 5.91 Å². The van der Waals surface area contributed by atoms with Gasteiger partial charge in [-0.3, -0.25) is 4.79 Å². The topological polar surface area (TPSA) is 99.4 Å². The molecule has 0 unspecified atom stereocenters. The Morgan fingerprint density at radius 1 is 1.11 bits per heavy atom. The van der Waals surface area contributed by atoms with E-state index in [0.717, 1.165) is 40.8 Å². The highest BCUT2D eigenvalue weighted by Gasteiger charge is 2.27. The van der Waals surface area contributed by atoms with Gasteiger partial charge in [-0.15, -0.1) is 5.10 Å². The van der Waals surface area contributed by atoms with Crippen LogP contribution in [0.3, 0.4) is 0 Å². The summed E-state index contributed by atoms with van der Waals surface area (Å²) in [5, 5.41) is 11.5. The van der Waals surface area contributed by atoms with Crippen LogP contribution < -0.4 is 16.0 Å². The average Bonchev–Trinajstić information content (AvgIpc) is 2.85. The quantitative estimate of drug-likeness (QED) is 0.408. The van der Waals surface area contributed by atoms with Crippen molar-refractivity contribution in [2.45, 2.75) is 58.4 Å². The second kappa shape index (κ2) is 11.5. The maximum Gasteiger partial charge on any atom is 0.263 e. The first kappa shape index (κ1) is 25.7. The molecule has 1 aliphatic carbocycles. The average molecular weight is 497 g/mol. The van der Waals surface area contributed by atoms with Crippen molar-refractivity contribution in [3.05, 3.63) is 81.5 Å². The molecule has 0 spiro atoms. The first-order valence-electron chi connectivity index (χ1n) is 12.0. The molecule has 7 nitrogen and oxygen atoms in total. The molecule has 1 heterocycles. The molecule has 1 aromatic heterocycles. The van der Waals surface area contributed by atoms with Gasteiger partial charge in [-0.1, -0.05) is 35.9 Å². The Morgan fingerprint density at radius 2 is 1.92 bits per heavy atom. The summed E-state index contributed by atoms with van der Waals surface area (Å²) in [6.07, 6.45) is 1.08. The van der Waals surface area contributed by atoms with Crippen LogP contribution in [-0.4, -0.2) is 28.8 Å². The smallest absolute Gasteiger partial charge is 0.263 e. The molecule has 1 atom stereocenters. The second-order valence-electron chi connectivity index (χ2n) is 9.13. The van der Waals surface area contributed by atoms with Gasteiger partial charge >= 0.3 is 0 Å². The summed E-state index contributed by atoms with van der Waals surface area (Å²) < 4.78 is 32.2. The number of carbonyl (C=O) groups is 1. The highest BCUT2D eigenvalue weighted by Crippen LogP contribution is 2.32. The predicted octanol–water partition coefficient (Wildman–Crippen LogP) is 4.93. The van der Waals surface area contributed by atoms with E-state index in [-0.39, 0.29) is 29.4 Å². The molecule has 3 aromatic rings. The van der Waals surface area contributed by atoms with Crippen molar-refractivity contribution in [1.82, 2.24) is 15.5 Å². The fraction of sp³-hybridized carbons (Fsp3) is 0.370. The van der Waals surface area contributed by atoms with Crippen LogP contribution in [0.15, 0.2) is 42.5 Å². The van der Waals surface area contributed by atoms with Crippen LogP contribution in [0.4, 0.5) is 8.78 Å². The molecule has 0 saturated carbocycles. The van der Waals surface area contributed by atoms with Crippen LogP contribution in [0.5, 0.6) is 11.6 Å². The Labute approximate surface area is 209 Å². The number of nitrogens with one attached hydrogen (secondary N) is 1. The number of amides is 1. The van der Waals surface area contributed by atoms with Crippen LogP contribution in [0, 0.1) is 13.8 Å². The Balaban J connectivity index is 1.65. The van der Waals surface area contributed by atoms with Gasteiger partial charge in [0.15, 0.2) is 0 Å². The summed E-state index contributed by atoms with van der Waals surface area (Å²) in [7, 11) is 0. The van der Waals surface area contributed by atoms with Crippen LogP contribution in [0.1, 0.15) is 63.1 Å². The van der Waals surface area contributed by atoms with Gasteiger partial charge in [0.1, 0.15) is 11.3 Å². The summed E-state index contributed by atoms with van der Waals surface area (Å²) in [6, 6.07) is 11.3. The van der Waals surface area contributed by atoms with E-state index in [2.05, 4.69) is 21.6 Å². The van der Waals surface area contributed by atoms with Crippen LogP contribution in [0.2, 0.25) is 0 Å². The SMILES string of the molecule is Cc1ccc(C[C@H](CON)NC(=O)c2c(Oc3cccc(C(F)F)c3)nnc3c2CCCC3)c(C)c1. The third kappa shape index (κ3) is 6.03. The molecule has 36 heavy (non-hydrogen) atoms. The zero-order chi connectivity index (χ0) is 25.7. The molecule has 1 amide bonds. The van der Waals surface area contributed by atoms with Gasteiger partial charge in [0.05, 0.1) is 18.3 Å². The van der Waals surface area contributed by atoms with Gasteiger partial charge in [-0.05, 0) is 74.8 Å². The largest absolute Gasteiger partial charge is 0.437 e. The third-order valence-corrected chi connectivity index (χ3v) is 6.36. The molecule has 3 N–H and O–H groups in total. The highest BCUT2D eigenvalue weighted by molar-refractivity contribution is 5.98. The number of hydrogen-bond donors (Lipinski definition) is 2. The fourth-order valence-corrected chi connectivity index (χ4v) is 4.55. The minimum atomic E-state index is -2.65. The number of halogens is 2. The number of aryl methyl sites for hydroxylation is 3. The minimum Gasteiger partial charge on any atom is -0.437 e. The van der Waals surface area contributed by atoms with E-state index in [9.17, 15) is 13.6 Å². The van der Waals surface area contributed by atoms with E-state index in [4.69, 9.17) is 15.5 Å². The summed E-state index contributed by atoms with van der Waals surface area (Å²) >= 11 is 0. The van der Waals surface area contributed by atoms with Crippen molar-refractivity contribution in [2.75, 3.05) is 6.61 Å². The number of nitrogens with two attached hydrogens (primary N) is 1. The lowest BCUT2D eigenvalue weighted by molar-refractivity contribution is 0.0835. The molecular weight excluding hydrogens is 466 g/mol. The number of fused-ring (bicyclic) bond motifs is 1. The van der Waals surface area contributed by atoms with E-state index in [0.29, 0.717) is 19.3 Å². The number of ether oxygens (including phenoxy) is 1. The van der Waals surface area contributed by atoms with Crippen molar-refractivity contribution in [3.8, 4) is 11.6 Å². The van der Waals surface area contributed by atoms with Gasteiger partial charge in [0, 0.05) is 5.56 Å². The zero-order valence-electron chi connectivity index (χ0n) is 20.4. The Hall–Kier alpha value is -3.43. The predicted molar refractivity (Wildman–Crippen MR) is 131 cm³/mol. The van der Waals surface area contributed by atoms with Crippen molar-refractivity contribution in [2.24, 2.45) is 5.90 Å². The summed E-state index contributed by atoms with van der Waals surface area (Å²) in [6.45, 7) is 4.15. The number of rotatable bonds is 9. The molecule has 2 aromatic carbocycles. The van der Waals surface area contributed by atoms with Gasteiger partial charge in [-0.2, -0.15) is 5.10 Å². The molecule has 0 saturated heterocycles. The maximum absolute atomic E-state index is 13.6. The summed E-state index contributed by atoms with van der Waals surface area (Å²) in [4.78, 5) is 18.5. The highest BCUT2D eigenvalue weighted by atomic mass is 19.3. The standard InChI is InChI=1S/C27H30F2N4O3/c1-16-10-11-18(17(2)12-16)13-20(15-35-30)31-26(34)24-22-8-3-4-9-23(22)32-33-27(24)36-21-7-5-6-19(14-21)25(28)29/h5-7,10-12,14,20,25H,3-4,8-9,13,15,30H2,1-2H3,(H,31,34)/t20-/m1/s1. The van der Waals surface area contributed by atoms with E-state index in [1.54, 1.807) is 6.07 Å². The van der Waals surface area contributed by atoms with Crippen molar-refractivity contribution in [3.63, 3.8) is 0 Å². The Kier molecular flexibility index (Phi) is 8.22. The summed E-state index contributed by atoms with van der Waals surface area (Å²) in [5.74, 6) is 5.13. The number of nitrogens with zero attached hydrogens (tertiary/aromatic N) is 2. The monoisotopic (exact) mass is 496 g/mol. The molecular formula is C27H30F2N4O3. The zero-order valence-corrected chi connectivity index (χ0v) is 20.4. The molecule has 1 aliphatic rings. The van der Waals surface area contributed by atoms with Crippen molar-refractivity contribution in [1.29, 1.82) is 0 Å². The van der Waals surface area contributed by atoms with Crippen molar-refractivity contribution < 1.29 is 23.1 Å². The lowest BCUT2D eigenvalue weighted by Gasteiger charge is -2.23. The third-order valence-electron chi connectivity index (χ3n) is 6.36. The van der Waals surface area contributed by atoms with Crippen LogP contribution >= 0.6 is 0 Å². The van der Waals surface area contributed by atoms with Crippen LogP contribution in [0.25, 0.3) is 0 Å². The maximum atomic E-state index is 13.6. The fourth-order valence-electron chi connectivity index (χ4n) is 4.55. The molecule has 0 radical (unpaired) electrons. The summed E-state index contributed by atoms with van der Waals surface area (Å²) in [5.41, 5.74) is 4.94. The van der Waals surface area contributed by atoms with Gasteiger partial charge in [-0.25, -0.2) is 14.7 Å². The van der Waals surface area contributed by atoms with E-state index >= 15 is 0 Å². The van der Waals surface area contributed by atoms with E-state index in [1.165, 1.54) is 18.2 Å². The normalized spacial score (nSPS) is 13.8. The second-order valence-corrected chi connectivity index (χ2v) is 9.13. The first-order chi connectivity index (χ1) is 17.4. The Morgan fingerprint density at radius 3 is 2.67 bits per heavy atom. The van der Waals surface area contributed by atoms with Gasteiger partial charge in [0.2, 0.25) is 0 Å². The van der Waals surface area contributed by atoms with E-state index < -0.39 is 18.4 Å². The van der Waals surface area contributed by atoms with Crippen LogP contribution in [-0.2, 0) is 24.1 Å². The Bertz CT molecular complexity index is 1240. The molecule has 0 aliphatic heterocycles. The molecule has 4 rings (SSSR count). The number of carbonyl (C=O) groups excluding carboxylic acids is 1. The number of benzene rings is 2.